The van der Waals surface area contributed by atoms with Crippen LogP contribution in [0.5, 0.6) is 0 Å². The second-order valence-electron chi connectivity index (χ2n) is 5.96. The zero-order chi connectivity index (χ0) is 15.9. The molecule has 3 nitrogen and oxygen atoms in total. The molecular weight excluding hydrogens is 357 g/mol. The van der Waals surface area contributed by atoms with Crippen molar-refractivity contribution in [3.8, 4) is 0 Å². The van der Waals surface area contributed by atoms with Crippen LogP contribution in [-0.2, 0) is 5.54 Å². The molecule has 4 rings (SSSR count). The number of hydrogen-bond acceptors (Lipinski definition) is 3. The number of halogens is 2. The summed E-state index contributed by atoms with van der Waals surface area (Å²) in [4.78, 5) is 8.76. The summed E-state index contributed by atoms with van der Waals surface area (Å²) in [5.41, 5.74) is 0.0467. The predicted octanol–water partition coefficient (Wildman–Crippen LogP) is 5.02. The fourth-order valence-corrected chi connectivity index (χ4v) is 3.49. The van der Waals surface area contributed by atoms with Crippen molar-refractivity contribution in [2.75, 3.05) is 5.32 Å². The minimum atomic E-state index is -0.443. The van der Waals surface area contributed by atoms with Gasteiger partial charge in [-0.1, -0.05) is 22.0 Å². The highest BCUT2D eigenvalue weighted by Gasteiger charge is 2.42. The fraction of sp³-hybridized carbons (Fsp3) is 0.222. The Balaban J connectivity index is 1.71. The lowest BCUT2D eigenvalue weighted by molar-refractivity contribution is 0.265. The highest BCUT2D eigenvalue weighted by molar-refractivity contribution is 9.10. The molecule has 0 spiro atoms. The summed E-state index contributed by atoms with van der Waals surface area (Å²) < 4.78 is 15.2. The minimum Gasteiger partial charge on any atom is -0.359 e. The summed E-state index contributed by atoms with van der Waals surface area (Å²) in [5, 5.41) is 5.60. The molecule has 1 aliphatic rings. The van der Waals surface area contributed by atoms with E-state index in [1.54, 1.807) is 12.3 Å². The van der Waals surface area contributed by atoms with Gasteiger partial charge in [-0.15, -0.1) is 0 Å². The summed E-state index contributed by atoms with van der Waals surface area (Å²) in [6.07, 6.45) is 6.26. The van der Waals surface area contributed by atoms with Crippen LogP contribution in [0.15, 0.2) is 53.3 Å². The molecule has 1 aliphatic carbocycles. The summed E-state index contributed by atoms with van der Waals surface area (Å²) in [6, 6.07) is 11.2. The number of aromatic nitrogens is 2. The molecule has 2 aromatic heterocycles. The second kappa shape index (κ2) is 5.57. The maximum absolute atomic E-state index is 14.2. The van der Waals surface area contributed by atoms with Gasteiger partial charge in [0, 0.05) is 22.3 Å². The Labute approximate surface area is 142 Å². The topological polar surface area (TPSA) is 37.8 Å². The van der Waals surface area contributed by atoms with Gasteiger partial charge in [0.15, 0.2) is 0 Å². The molecule has 0 aliphatic heterocycles. The van der Waals surface area contributed by atoms with E-state index < -0.39 is 5.54 Å². The minimum absolute atomic E-state index is 0.260. The van der Waals surface area contributed by atoms with Crippen molar-refractivity contribution < 1.29 is 4.39 Å². The quantitative estimate of drug-likeness (QED) is 0.701. The molecular formula is C18H15BrFN3. The number of rotatable bonds is 3. The van der Waals surface area contributed by atoms with Crippen molar-refractivity contribution in [3.63, 3.8) is 0 Å². The number of nitrogens with zero attached hydrogens (tertiary/aromatic N) is 2. The van der Waals surface area contributed by atoms with Gasteiger partial charge in [0.1, 0.15) is 17.3 Å². The van der Waals surface area contributed by atoms with Crippen LogP contribution in [-0.4, -0.2) is 9.97 Å². The molecule has 3 aromatic rings. The molecule has 0 atom stereocenters. The largest absolute Gasteiger partial charge is 0.359 e. The summed E-state index contributed by atoms with van der Waals surface area (Å²) in [5.74, 6) is 0.494. The number of pyridine rings is 2. The molecule has 1 N–H and O–H groups in total. The van der Waals surface area contributed by atoms with Crippen LogP contribution in [0.2, 0.25) is 0 Å². The van der Waals surface area contributed by atoms with Gasteiger partial charge in [0.2, 0.25) is 0 Å². The van der Waals surface area contributed by atoms with Crippen LogP contribution in [0, 0.1) is 5.82 Å². The van der Waals surface area contributed by atoms with Crippen molar-refractivity contribution >= 4 is 32.5 Å². The lowest BCUT2D eigenvalue weighted by Gasteiger charge is -2.42. The van der Waals surface area contributed by atoms with E-state index in [-0.39, 0.29) is 5.82 Å². The van der Waals surface area contributed by atoms with E-state index in [1.807, 2.05) is 30.5 Å². The monoisotopic (exact) mass is 371 g/mol. The molecule has 0 bridgehead atoms. The summed E-state index contributed by atoms with van der Waals surface area (Å²) in [7, 11) is 0. The molecule has 0 saturated heterocycles. The number of benzene rings is 1. The highest BCUT2D eigenvalue weighted by Crippen LogP contribution is 2.44. The first-order valence-corrected chi connectivity index (χ1v) is 8.40. The molecule has 0 radical (unpaired) electrons. The smallest absolute Gasteiger partial charge is 0.147 e. The Morgan fingerprint density at radius 1 is 1.09 bits per heavy atom. The zero-order valence-electron chi connectivity index (χ0n) is 12.4. The average molecular weight is 372 g/mol. The fourth-order valence-electron chi connectivity index (χ4n) is 3.12. The lowest BCUT2D eigenvalue weighted by atomic mass is 9.74. The van der Waals surface area contributed by atoms with E-state index in [4.69, 9.17) is 0 Å². The maximum atomic E-state index is 14.2. The molecule has 5 heteroatoms. The number of nitrogens with one attached hydrogen (secondary N) is 1. The molecule has 0 amide bonds. The first kappa shape index (κ1) is 14.6. The Kier molecular flexibility index (Phi) is 3.53. The normalized spacial score (nSPS) is 16.1. The number of hydrogen-bond donors (Lipinski definition) is 1. The number of fused-ring (bicyclic) bond motifs is 1. The molecule has 1 fully saturated rings. The van der Waals surface area contributed by atoms with Crippen LogP contribution in [0.25, 0.3) is 10.8 Å². The van der Waals surface area contributed by atoms with Crippen LogP contribution < -0.4 is 5.32 Å². The van der Waals surface area contributed by atoms with Crippen LogP contribution in [0.3, 0.4) is 0 Å². The molecule has 23 heavy (non-hydrogen) atoms. The van der Waals surface area contributed by atoms with Crippen molar-refractivity contribution in [2.24, 2.45) is 0 Å². The van der Waals surface area contributed by atoms with Crippen molar-refractivity contribution in [3.05, 3.63) is 64.8 Å². The SMILES string of the molecule is Fc1cccnc1C1(Nc2cc3ccc(Br)cc3cn2)CCC1. The van der Waals surface area contributed by atoms with Crippen molar-refractivity contribution in [1.29, 1.82) is 0 Å². The van der Waals surface area contributed by atoms with Crippen molar-refractivity contribution in [1.82, 2.24) is 9.97 Å². The predicted molar refractivity (Wildman–Crippen MR) is 92.8 cm³/mol. The van der Waals surface area contributed by atoms with Crippen molar-refractivity contribution in [2.45, 2.75) is 24.8 Å². The van der Waals surface area contributed by atoms with Gasteiger partial charge >= 0.3 is 0 Å². The average Bonchev–Trinajstić information content (AvgIpc) is 2.52. The molecule has 2 heterocycles. The van der Waals surface area contributed by atoms with Gasteiger partial charge in [-0.25, -0.2) is 9.37 Å². The van der Waals surface area contributed by atoms with E-state index in [0.29, 0.717) is 5.69 Å². The first-order valence-electron chi connectivity index (χ1n) is 7.61. The standard InChI is InChI=1S/C18H15BrFN3/c19-14-5-4-12-10-16(22-11-13(12)9-14)23-18(6-2-7-18)17-15(20)3-1-8-21-17/h1,3-5,8-11H,2,6-7H2,(H,22,23). The van der Waals surface area contributed by atoms with Gasteiger partial charge in [-0.2, -0.15) is 0 Å². The number of anilines is 1. The van der Waals surface area contributed by atoms with Gasteiger partial charge in [-0.05, 0) is 55.0 Å². The third-order valence-electron chi connectivity index (χ3n) is 4.47. The molecule has 1 aromatic carbocycles. The Morgan fingerprint density at radius 2 is 1.96 bits per heavy atom. The third kappa shape index (κ3) is 2.59. The summed E-state index contributed by atoms with van der Waals surface area (Å²) in [6.45, 7) is 0. The van der Waals surface area contributed by atoms with Gasteiger partial charge in [0.25, 0.3) is 0 Å². The van der Waals surface area contributed by atoms with Crippen LogP contribution in [0.4, 0.5) is 10.2 Å². The van der Waals surface area contributed by atoms with E-state index in [2.05, 4.69) is 31.2 Å². The van der Waals surface area contributed by atoms with E-state index in [9.17, 15) is 4.39 Å². The Bertz CT molecular complexity index is 877. The lowest BCUT2D eigenvalue weighted by Crippen LogP contribution is -2.43. The van der Waals surface area contributed by atoms with Crippen LogP contribution >= 0.6 is 15.9 Å². The Hall–Kier alpha value is -2.01. The second-order valence-corrected chi connectivity index (χ2v) is 6.87. The van der Waals surface area contributed by atoms with Gasteiger partial charge < -0.3 is 5.32 Å². The van der Waals surface area contributed by atoms with E-state index >= 15 is 0 Å². The highest BCUT2D eigenvalue weighted by atomic mass is 79.9. The first-order chi connectivity index (χ1) is 11.2. The van der Waals surface area contributed by atoms with Crippen LogP contribution in [0.1, 0.15) is 25.0 Å². The Morgan fingerprint density at radius 3 is 2.70 bits per heavy atom. The van der Waals surface area contributed by atoms with Gasteiger partial charge in [0.05, 0.1) is 5.54 Å². The molecule has 1 saturated carbocycles. The maximum Gasteiger partial charge on any atom is 0.147 e. The van der Waals surface area contributed by atoms with E-state index in [0.717, 1.165) is 40.3 Å². The zero-order valence-corrected chi connectivity index (χ0v) is 14.0. The molecule has 116 valence electrons. The van der Waals surface area contributed by atoms with E-state index in [1.165, 1.54) is 6.07 Å². The third-order valence-corrected chi connectivity index (χ3v) is 4.96. The summed E-state index contributed by atoms with van der Waals surface area (Å²) >= 11 is 3.47. The molecule has 0 unspecified atom stereocenters. The van der Waals surface area contributed by atoms with Gasteiger partial charge in [-0.3, -0.25) is 4.98 Å².